The Morgan fingerprint density at radius 1 is 1.09 bits per heavy atom. The van der Waals surface area contributed by atoms with E-state index in [4.69, 9.17) is 9.97 Å². The number of hydrogen-bond acceptors (Lipinski definition) is 6. The van der Waals surface area contributed by atoms with E-state index in [0.29, 0.717) is 41.3 Å². The van der Waals surface area contributed by atoms with Gasteiger partial charge in [0.05, 0.1) is 0 Å². The maximum absolute atomic E-state index is 11.9. The molecule has 8 nitrogen and oxygen atoms in total. The minimum Gasteiger partial charge on any atom is -0.368 e. The van der Waals surface area contributed by atoms with Gasteiger partial charge in [0.15, 0.2) is 28.6 Å². The molecule has 0 aliphatic carbocycles. The lowest BCUT2D eigenvalue weighted by Gasteiger charge is -2.15. The van der Waals surface area contributed by atoms with Crippen molar-refractivity contribution >= 4 is 28.7 Å². The number of likely N-dealkylation sites (tertiary alicyclic amines) is 1. The molecular weight excluding hydrogens is 428 g/mol. The number of nitrogens with one attached hydrogen (secondary N) is 1. The lowest BCUT2D eigenvalue weighted by Crippen LogP contribution is -2.27. The number of ketones is 1. The summed E-state index contributed by atoms with van der Waals surface area (Å²) >= 11 is 0. The molecule has 0 saturated carbocycles. The van der Waals surface area contributed by atoms with E-state index in [2.05, 4.69) is 10.3 Å². The van der Waals surface area contributed by atoms with Crippen LogP contribution in [-0.2, 0) is 4.79 Å². The lowest BCUT2D eigenvalue weighted by atomic mass is 10.1. The number of fused-ring (bicyclic) bond motifs is 1. The van der Waals surface area contributed by atoms with E-state index in [1.165, 1.54) is 0 Å². The summed E-state index contributed by atoms with van der Waals surface area (Å²) in [6.45, 7) is 3.77. The van der Waals surface area contributed by atoms with Crippen molar-refractivity contribution in [2.45, 2.75) is 26.2 Å². The molecule has 5 rings (SSSR count). The number of hydrogen-bond donors (Lipinski definition) is 1. The third-order valence-corrected chi connectivity index (χ3v) is 6.03. The number of Topliss-reactive ketones (excluding diaryl/α,β-unsaturated/α-hetero) is 1. The Kier molecular flexibility index (Phi) is 6.03. The predicted octanol–water partition coefficient (Wildman–Crippen LogP) is 4.11. The third-order valence-electron chi connectivity index (χ3n) is 6.03. The van der Waals surface area contributed by atoms with Gasteiger partial charge in [-0.05, 0) is 38.0 Å². The Morgan fingerprint density at radius 2 is 1.94 bits per heavy atom. The zero-order chi connectivity index (χ0) is 23.5. The summed E-state index contributed by atoms with van der Waals surface area (Å²) in [5.74, 6) is 1.38. The van der Waals surface area contributed by atoms with Crippen LogP contribution in [0, 0.1) is 0 Å². The van der Waals surface area contributed by atoms with Crippen LogP contribution in [-0.4, -0.2) is 55.7 Å². The van der Waals surface area contributed by atoms with Crippen molar-refractivity contribution in [3.8, 4) is 17.1 Å². The molecule has 1 aliphatic rings. The van der Waals surface area contributed by atoms with Crippen LogP contribution >= 0.6 is 0 Å². The lowest BCUT2D eigenvalue weighted by molar-refractivity contribution is -0.127. The maximum atomic E-state index is 11.9. The molecular formula is C26H26N6O2. The first-order chi connectivity index (χ1) is 16.6. The van der Waals surface area contributed by atoms with Crippen LogP contribution in [0.2, 0.25) is 0 Å². The monoisotopic (exact) mass is 454 g/mol. The van der Waals surface area contributed by atoms with Gasteiger partial charge >= 0.3 is 0 Å². The molecule has 1 aliphatic heterocycles. The summed E-state index contributed by atoms with van der Waals surface area (Å²) in [6, 6.07) is 17.3. The maximum Gasteiger partial charge on any atom is 0.222 e. The summed E-state index contributed by atoms with van der Waals surface area (Å²) in [6.07, 6.45) is 4.16. The minimum absolute atomic E-state index is 0.00735. The minimum atomic E-state index is -0.00735. The molecule has 3 heterocycles. The molecule has 0 bridgehead atoms. The summed E-state index contributed by atoms with van der Waals surface area (Å²) in [5, 5.41) is 3.41. The van der Waals surface area contributed by atoms with Crippen LogP contribution in [0.1, 0.15) is 36.5 Å². The van der Waals surface area contributed by atoms with Crippen molar-refractivity contribution in [3.05, 3.63) is 66.5 Å². The number of carbonyl (C=O) groups excluding carboxylic acids is 2. The number of imidazole rings is 1. The molecule has 0 radical (unpaired) electrons. The molecule has 1 saturated heterocycles. The first kappa shape index (κ1) is 21.8. The standard InChI is InChI=1S/C26H26N6O2/c1-18(33)19-8-5-9-20(16-19)24-29-25(27-13-7-15-31-14-6-12-22(31)34)23-26(30-24)32(17-28-23)21-10-3-2-4-11-21/h2-5,8-11,16-17H,6-7,12-15H2,1H3,(H,27,29,30). The first-order valence-corrected chi connectivity index (χ1v) is 11.5. The van der Waals surface area contributed by atoms with Gasteiger partial charge in [-0.25, -0.2) is 15.0 Å². The number of benzene rings is 2. The highest BCUT2D eigenvalue weighted by Gasteiger charge is 2.20. The second kappa shape index (κ2) is 9.43. The normalized spacial score (nSPS) is 13.6. The molecule has 2 aromatic carbocycles. The molecule has 8 heteroatoms. The average Bonchev–Trinajstić information content (AvgIpc) is 3.48. The molecule has 4 aromatic rings. The molecule has 2 aromatic heterocycles. The average molecular weight is 455 g/mol. The summed E-state index contributed by atoms with van der Waals surface area (Å²) in [5.41, 5.74) is 3.68. The Bertz CT molecular complexity index is 1350. The fourth-order valence-corrected chi connectivity index (χ4v) is 4.22. The van der Waals surface area contributed by atoms with Gasteiger partial charge < -0.3 is 10.2 Å². The summed E-state index contributed by atoms with van der Waals surface area (Å²) in [7, 11) is 0. The van der Waals surface area contributed by atoms with E-state index >= 15 is 0 Å². The quantitative estimate of drug-likeness (QED) is 0.318. The predicted molar refractivity (Wildman–Crippen MR) is 131 cm³/mol. The summed E-state index contributed by atoms with van der Waals surface area (Å²) < 4.78 is 1.93. The van der Waals surface area contributed by atoms with Crippen molar-refractivity contribution in [2.75, 3.05) is 25.0 Å². The number of anilines is 1. The molecule has 1 N–H and O–H groups in total. The van der Waals surface area contributed by atoms with Gasteiger partial charge in [-0.2, -0.15) is 0 Å². The van der Waals surface area contributed by atoms with E-state index in [1.54, 1.807) is 19.3 Å². The largest absolute Gasteiger partial charge is 0.368 e. The van der Waals surface area contributed by atoms with Crippen molar-refractivity contribution in [3.63, 3.8) is 0 Å². The number of rotatable bonds is 8. The van der Waals surface area contributed by atoms with E-state index in [0.717, 1.165) is 37.2 Å². The summed E-state index contributed by atoms with van der Waals surface area (Å²) in [4.78, 5) is 39.9. The van der Waals surface area contributed by atoms with Crippen LogP contribution < -0.4 is 5.32 Å². The fourth-order valence-electron chi connectivity index (χ4n) is 4.22. The molecule has 0 atom stereocenters. The second-order valence-corrected chi connectivity index (χ2v) is 8.42. The van der Waals surface area contributed by atoms with E-state index < -0.39 is 0 Å². The Morgan fingerprint density at radius 3 is 2.71 bits per heavy atom. The van der Waals surface area contributed by atoms with Crippen LogP contribution in [0.4, 0.5) is 5.82 Å². The van der Waals surface area contributed by atoms with Crippen molar-refractivity contribution in [2.24, 2.45) is 0 Å². The highest BCUT2D eigenvalue weighted by atomic mass is 16.2. The van der Waals surface area contributed by atoms with Gasteiger partial charge in [-0.1, -0.05) is 36.4 Å². The smallest absolute Gasteiger partial charge is 0.222 e. The Hall–Kier alpha value is -4.07. The fraction of sp³-hybridized carbons (Fsp3) is 0.269. The highest BCUT2D eigenvalue weighted by Crippen LogP contribution is 2.26. The molecule has 0 unspecified atom stereocenters. The van der Waals surface area contributed by atoms with Gasteiger partial charge in [0, 0.05) is 42.9 Å². The van der Waals surface area contributed by atoms with Gasteiger partial charge in [0.2, 0.25) is 5.91 Å². The number of aromatic nitrogens is 4. The zero-order valence-corrected chi connectivity index (χ0v) is 19.1. The van der Waals surface area contributed by atoms with E-state index in [-0.39, 0.29) is 11.7 Å². The van der Waals surface area contributed by atoms with Gasteiger partial charge in [-0.15, -0.1) is 0 Å². The first-order valence-electron chi connectivity index (χ1n) is 11.5. The van der Waals surface area contributed by atoms with Gasteiger partial charge in [0.25, 0.3) is 0 Å². The topological polar surface area (TPSA) is 93.0 Å². The zero-order valence-electron chi connectivity index (χ0n) is 19.1. The van der Waals surface area contributed by atoms with E-state index in [1.807, 2.05) is 58.0 Å². The number of amides is 1. The van der Waals surface area contributed by atoms with Gasteiger partial charge in [0.1, 0.15) is 6.33 Å². The molecule has 0 spiro atoms. The van der Waals surface area contributed by atoms with Crippen molar-refractivity contribution in [1.29, 1.82) is 0 Å². The molecule has 34 heavy (non-hydrogen) atoms. The van der Waals surface area contributed by atoms with Crippen LogP contribution in [0.3, 0.4) is 0 Å². The number of nitrogens with zero attached hydrogens (tertiary/aromatic N) is 5. The molecule has 1 amide bonds. The van der Waals surface area contributed by atoms with E-state index in [9.17, 15) is 9.59 Å². The second-order valence-electron chi connectivity index (χ2n) is 8.42. The van der Waals surface area contributed by atoms with Crippen molar-refractivity contribution in [1.82, 2.24) is 24.4 Å². The Labute approximate surface area is 197 Å². The van der Waals surface area contributed by atoms with Crippen molar-refractivity contribution < 1.29 is 9.59 Å². The number of carbonyl (C=O) groups is 2. The highest BCUT2D eigenvalue weighted by molar-refractivity contribution is 5.95. The van der Waals surface area contributed by atoms with Crippen LogP contribution in [0.15, 0.2) is 60.9 Å². The SMILES string of the molecule is CC(=O)c1cccc(-c2nc(NCCCN3CCCC3=O)c3ncn(-c4ccccc4)c3n2)c1. The van der Waals surface area contributed by atoms with Crippen LogP contribution in [0.25, 0.3) is 28.2 Å². The third kappa shape index (κ3) is 4.39. The van der Waals surface area contributed by atoms with Gasteiger partial charge in [-0.3, -0.25) is 14.2 Å². The van der Waals surface area contributed by atoms with Crippen LogP contribution in [0.5, 0.6) is 0 Å². The number of para-hydroxylation sites is 1. The molecule has 172 valence electrons. The Balaban J connectivity index is 1.49. The molecule has 1 fully saturated rings.